The molecule has 2 N–H and O–H groups in total. The van der Waals surface area contributed by atoms with Gasteiger partial charge in [-0.3, -0.25) is 9.59 Å². The van der Waals surface area contributed by atoms with Crippen molar-refractivity contribution in [3.8, 4) is 0 Å². The first kappa shape index (κ1) is 17.7. The first-order valence-corrected chi connectivity index (χ1v) is 9.01. The lowest BCUT2D eigenvalue weighted by molar-refractivity contribution is -0.137. The highest BCUT2D eigenvalue weighted by molar-refractivity contribution is 9.10. The average molecular weight is 396 g/mol. The lowest BCUT2D eigenvalue weighted by Crippen LogP contribution is -2.29. The number of amides is 1. The van der Waals surface area contributed by atoms with Gasteiger partial charge in [0.25, 0.3) is 0 Å². The molecule has 122 valence electrons. The van der Waals surface area contributed by atoms with Gasteiger partial charge in [-0.2, -0.15) is 0 Å². The fraction of sp³-hybridized carbons (Fsp3) is 0.294. The van der Waals surface area contributed by atoms with Crippen LogP contribution in [0.15, 0.2) is 46.3 Å². The van der Waals surface area contributed by atoms with Gasteiger partial charge in [0.05, 0.1) is 6.04 Å². The first-order chi connectivity index (χ1) is 11.0. The number of nitrogens with one attached hydrogen (secondary N) is 1. The summed E-state index contributed by atoms with van der Waals surface area (Å²) in [5.74, 6) is -0.919. The number of carboxylic acid groups (broad SMARTS) is 1. The molecule has 0 saturated carbocycles. The Hall–Kier alpha value is -1.66. The molecule has 4 nitrogen and oxygen atoms in total. The predicted octanol–water partition coefficient (Wildman–Crippen LogP) is 4.17. The molecule has 6 heteroatoms. The zero-order valence-corrected chi connectivity index (χ0v) is 14.9. The average Bonchev–Trinajstić information content (AvgIpc) is 2.95. The number of benzene rings is 1. The zero-order valence-electron chi connectivity index (χ0n) is 12.5. The summed E-state index contributed by atoms with van der Waals surface area (Å²) < 4.78 is 1.03. The Balaban J connectivity index is 1.93. The molecule has 1 amide bonds. The van der Waals surface area contributed by atoms with E-state index >= 15 is 0 Å². The van der Waals surface area contributed by atoms with Crippen LogP contribution in [-0.2, 0) is 16.0 Å². The van der Waals surface area contributed by atoms with E-state index in [2.05, 4.69) is 21.2 Å². The van der Waals surface area contributed by atoms with E-state index in [0.717, 1.165) is 14.9 Å². The molecule has 0 bridgehead atoms. The van der Waals surface area contributed by atoms with Gasteiger partial charge < -0.3 is 10.4 Å². The Bertz CT molecular complexity index is 657. The minimum absolute atomic E-state index is 0.0255. The van der Waals surface area contributed by atoms with Crippen molar-refractivity contribution in [2.24, 2.45) is 0 Å². The van der Waals surface area contributed by atoms with Crippen LogP contribution in [0, 0.1) is 0 Å². The molecule has 0 aliphatic rings. The minimum Gasteiger partial charge on any atom is -0.481 e. The van der Waals surface area contributed by atoms with E-state index in [-0.39, 0.29) is 18.4 Å². The first-order valence-electron chi connectivity index (χ1n) is 7.33. The highest BCUT2D eigenvalue weighted by Crippen LogP contribution is 2.22. The highest BCUT2D eigenvalue weighted by Gasteiger charge is 2.16. The topological polar surface area (TPSA) is 66.4 Å². The smallest absolute Gasteiger partial charge is 0.303 e. The molecule has 0 fully saturated rings. The largest absolute Gasteiger partial charge is 0.481 e. The number of carbonyl (C=O) groups is 2. The molecule has 23 heavy (non-hydrogen) atoms. The molecule has 1 heterocycles. The summed E-state index contributed by atoms with van der Waals surface area (Å²) in [5, 5.41) is 13.8. The Morgan fingerprint density at radius 1 is 1.22 bits per heavy atom. The van der Waals surface area contributed by atoms with Crippen molar-refractivity contribution in [3.05, 3.63) is 56.7 Å². The van der Waals surface area contributed by atoms with Crippen LogP contribution in [0.4, 0.5) is 0 Å². The van der Waals surface area contributed by atoms with Gasteiger partial charge in [-0.05, 0) is 40.4 Å². The van der Waals surface area contributed by atoms with Crippen LogP contribution in [0.25, 0.3) is 0 Å². The maximum atomic E-state index is 12.2. The summed E-state index contributed by atoms with van der Waals surface area (Å²) in [5.41, 5.74) is 0.931. The second kappa shape index (κ2) is 8.84. The number of carboxylic acids is 1. The second-order valence-electron chi connectivity index (χ2n) is 5.19. The lowest BCUT2D eigenvalue weighted by atomic mass is 10.0. The molecule has 2 aromatic rings. The molecule has 1 unspecified atom stereocenters. The summed E-state index contributed by atoms with van der Waals surface area (Å²) in [6, 6.07) is 11.2. The molecule has 1 aromatic heterocycles. The maximum absolute atomic E-state index is 12.2. The number of halogens is 1. The van der Waals surface area contributed by atoms with Crippen molar-refractivity contribution < 1.29 is 14.7 Å². The van der Waals surface area contributed by atoms with Gasteiger partial charge in [0, 0.05) is 27.6 Å². The van der Waals surface area contributed by atoms with Crippen LogP contribution in [0.2, 0.25) is 0 Å². The summed E-state index contributed by atoms with van der Waals surface area (Å²) in [4.78, 5) is 24.2. The van der Waals surface area contributed by atoms with E-state index in [4.69, 9.17) is 5.11 Å². The van der Waals surface area contributed by atoms with Crippen molar-refractivity contribution in [3.63, 3.8) is 0 Å². The van der Waals surface area contributed by atoms with Crippen LogP contribution in [0.1, 0.15) is 35.7 Å². The van der Waals surface area contributed by atoms with E-state index in [1.807, 2.05) is 41.8 Å². The summed E-state index contributed by atoms with van der Waals surface area (Å²) in [6.07, 6.45) is 1.49. The van der Waals surface area contributed by atoms with Crippen LogP contribution in [0.5, 0.6) is 0 Å². The van der Waals surface area contributed by atoms with Crippen LogP contribution < -0.4 is 5.32 Å². The normalized spacial score (nSPS) is 11.9. The summed E-state index contributed by atoms with van der Waals surface area (Å²) in [7, 11) is 0. The molecule has 0 aliphatic carbocycles. The molecule has 2 rings (SSSR count). The SMILES string of the molecule is O=C(O)CCC(NC(=O)CCc1cc(Br)cs1)c1ccccc1. The van der Waals surface area contributed by atoms with Gasteiger partial charge in [-0.15, -0.1) is 11.3 Å². The Morgan fingerprint density at radius 2 is 1.96 bits per heavy atom. The van der Waals surface area contributed by atoms with Gasteiger partial charge >= 0.3 is 5.97 Å². The predicted molar refractivity (Wildman–Crippen MR) is 94.5 cm³/mol. The monoisotopic (exact) mass is 395 g/mol. The third-order valence-corrected chi connectivity index (χ3v) is 5.16. The molecule has 0 spiro atoms. The standard InChI is InChI=1S/C17H18BrNO3S/c18-13-10-14(23-11-13)6-8-16(20)19-15(7-9-17(21)22)12-4-2-1-3-5-12/h1-5,10-11,15H,6-9H2,(H,19,20)(H,21,22). The van der Waals surface area contributed by atoms with Crippen LogP contribution in [-0.4, -0.2) is 17.0 Å². The van der Waals surface area contributed by atoms with Gasteiger partial charge in [0.1, 0.15) is 0 Å². The maximum Gasteiger partial charge on any atom is 0.303 e. The summed E-state index contributed by atoms with van der Waals surface area (Å²) in [6.45, 7) is 0. The van der Waals surface area contributed by atoms with E-state index in [0.29, 0.717) is 19.3 Å². The number of hydrogen-bond acceptors (Lipinski definition) is 3. The van der Waals surface area contributed by atoms with Crippen molar-refractivity contribution in [1.82, 2.24) is 5.32 Å². The minimum atomic E-state index is -0.858. The van der Waals surface area contributed by atoms with Crippen molar-refractivity contribution in [2.75, 3.05) is 0 Å². The Labute approximate surface area is 147 Å². The van der Waals surface area contributed by atoms with E-state index < -0.39 is 5.97 Å². The van der Waals surface area contributed by atoms with Crippen molar-refractivity contribution >= 4 is 39.1 Å². The number of carbonyl (C=O) groups excluding carboxylic acids is 1. The molecular weight excluding hydrogens is 378 g/mol. The van der Waals surface area contributed by atoms with Gasteiger partial charge in [-0.25, -0.2) is 0 Å². The van der Waals surface area contributed by atoms with Gasteiger partial charge in [0.15, 0.2) is 0 Å². The lowest BCUT2D eigenvalue weighted by Gasteiger charge is -2.18. The quantitative estimate of drug-likeness (QED) is 0.704. The van der Waals surface area contributed by atoms with E-state index in [9.17, 15) is 9.59 Å². The molecule has 0 aliphatic heterocycles. The zero-order chi connectivity index (χ0) is 16.7. The Kier molecular flexibility index (Phi) is 6.80. The Morgan fingerprint density at radius 3 is 2.57 bits per heavy atom. The van der Waals surface area contributed by atoms with Gasteiger partial charge in [-0.1, -0.05) is 30.3 Å². The number of rotatable bonds is 8. The van der Waals surface area contributed by atoms with Crippen LogP contribution in [0.3, 0.4) is 0 Å². The number of thiophene rings is 1. The number of aryl methyl sites for hydroxylation is 1. The molecule has 1 atom stereocenters. The molecule has 0 radical (unpaired) electrons. The third-order valence-electron chi connectivity index (χ3n) is 3.40. The number of hydrogen-bond donors (Lipinski definition) is 2. The van der Waals surface area contributed by atoms with Crippen molar-refractivity contribution in [1.29, 1.82) is 0 Å². The van der Waals surface area contributed by atoms with Crippen LogP contribution >= 0.6 is 27.3 Å². The molecule has 0 saturated heterocycles. The summed E-state index contributed by atoms with van der Waals surface area (Å²) >= 11 is 5.01. The van der Waals surface area contributed by atoms with E-state index in [1.165, 1.54) is 0 Å². The third kappa shape index (κ3) is 6.15. The highest BCUT2D eigenvalue weighted by atomic mass is 79.9. The fourth-order valence-electron chi connectivity index (χ4n) is 2.26. The second-order valence-corrected chi connectivity index (χ2v) is 7.11. The fourth-order valence-corrected chi connectivity index (χ4v) is 3.72. The van der Waals surface area contributed by atoms with E-state index in [1.54, 1.807) is 11.3 Å². The van der Waals surface area contributed by atoms with Crippen molar-refractivity contribution in [2.45, 2.75) is 31.7 Å². The van der Waals surface area contributed by atoms with Gasteiger partial charge in [0.2, 0.25) is 5.91 Å². The number of aliphatic carboxylic acids is 1. The molecule has 1 aromatic carbocycles. The molecular formula is C17H18BrNO3S.